The fraction of sp³-hybridized carbons (Fsp3) is 0.333. The van der Waals surface area contributed by atoms with Crippen molar-refractivity contribution < 1.29 is 13.2 Å². The van der Waals surface area contributed by atoms with Crippen LogP contribution in [0.3, 0.4) is 0 Å². The Morgan fingerprint density at radius 2 is 1.77 bits per heavy atom. The summed E-state index contributed by atoms with van der Waals surface area (Å²) in [6.45, 7) is 4.43. The number of hydrogen-bond acceptors (Lipinski definition) is 4. The zero-order valence-electron chi connectivity index (χ0n) is 18.0. The Hall–Kier alpha value is -2.61. The van der Waals surface area contributed by atoms with Crippen molar-refractivity contribution in [3.05, 3.63) is 83.7 Å². The molecule has 7 heteroatoms. The molecule has 164 valence electrons. The highest BCUT2D eigenvalue weighted by molar-refractivity contribution is 7.89. The first-order chi connectivity index (χ1) is 15.0. The van der Waals surface area contributed by atoms with E-state index in [1.807, 2.05) is 26.2 Å². The van der Waals surface area contributed by atoms with Crippen molar-refractivity contribution >= 4 is 10.0 Å². The normalized spacial score (nSPS) is 15.4. The number of aryl methyl sites for hydroxylation is 1. The van der Waals surface area contributed by atoms with Crippen molar-refractivity contribution in [2.75, 3.05) is 19.7 Å². The van der Waals surface area contributed by atoms with E-state index in [2.05, 4.69) is 44.5 Å². The molecule has 1 aromatic heterocycles. The number of hydrogen-bond donors (Lipinski definition) is 1. The molecule has 1 aliphatic rings. The van der Waals surface area contributed by atoms with E-state index in [9.17, 15) is 8.42 Å². The molecule has 1 N–H and O–H groups in total. The molecule has 0 amide bonds. The van der Waals surface area contributed by atoms with Gasteiger partial charge in [0.1, 0.15) is 5.75 Å². The second-order valence-electron chi connectivity index (χ2n) is 7.81. The van der Waals surface area contributed by atoms with Gasteiger partial charge in [0.25, 0.3) is 0 Å². The molecule has 2 aromatic carbocycles. The van der Waals surface area contributed by atoms with E-state index in [4.69, 9.17) is 4.74 Å². The van der Waals surface area contributed by atoms with Crippen LogP contribution in [0, 0.1) is 0 Å². The molecule has 0 radical (unpaired) electrons. The number of aromatic nitrogens is 1. The molecule has 6 nitrogen and oxygen atoms in total. The third-order valence-electron chi connectivity index (χ3n) is 5.84. The van der Waals surface area contributed by atoms with Gasteiger partial charge in [-0.05, 0) is 60.9 Å². The molecule has 0 saturated heterocycles. The topological polar surface area (TPSA) is 63.6 Å². The van der Waals surface area contributed by atoms with Gasteiger partial charge >= 0.3 is 0 Å². The molecule has 0 bridgehead atoms. The van der Waals surface area contributed by atoms with Gasteiger partial charge in [-0.25, -0.2) is 13.1 Å². The second-order valence-corrected chi connectivity index (χ2v) is 9.57. The van der Waals surface area contributed by atoms with Crippen molar-refractivity contribution in [1.29, 1.82) is 0 Å². The SMILES string of the molecule is CCOc1ccc(S(=O)(=O)NCC(c2cccn2C)N2CCc3ccccc3C2)cc1. The molecule has 0 aliphatic carbocycles. The largest absolute Gasteiger partial charge is 0.494 e. The maximum Gasteiger partial charge on any atom is 0.240 e. The van der Waals surface area contributed by atoms with Gasteiger partial charge in [-0.3, -0.25) is 4.90 Å². The number of nitrogens with one attached hydrogen (secondary N) is 1. The summed E-state index contributed by atoms with van der Waals surface area (Å²) in [6, 6.07) is 19.0. The van der Waals surface area contributed by atoms with Crippen LogP contribution < -0.4 is 9.46 Å². The van der Waals surface area contributed by atoms with Gasteiger partial charge in [0.2, 0.25) is 10.0 Å². The summed E-state index contributed by atoms with van der Waals surface area (Å²) >= 11 is 0. The first kappa shape index (κ1) is 21.6. The Morgan fingerprint density at radius 1 is 1.03 bits per heavy atom. The standard InChI is InChI=1S/C24H29N3O3S/c1-3-30-21-10-12-22(13-11-21)31(28,29)25-17-24(23-9-6-15-26(23)2)27-16-14-19-7-4-5-8-20(19)18-27/h4-13,15,24-25H,3,14,16-18H2,1-2H3. The highest BCUT2D eigenvalue weighted by Crippen LogP contribution is 2.28. The Balaban J connectivity index is 1.54. The molecule has 1 aliphatic heterocycles. The van der Waals surface area contributed by atoms with Gasteiger partial charge in [-0.1, -0.05) is 24.3 Å². The van der Waals surface area contributed by atoms with Crippen LogP contribution in [0.4, 0.5) is 0 Å². The summed E-state index contributed by atoms with van der Waals surface area (Å²) in [5, 5.41) is 0. The van der Waals surface area contributed by atoms with E-state index >= 15 is 0 Å². The highest BCUT2D eigenvalue weighted by Gasteiger charge is 2.28. The van der Waals surface area contributed by atoms with Crippen LogP contribution in [0.5, 0.6) is 5.75 Å². The maximum absolute atomic E-state index is 13.0. The fourth-order valence-electron chi connectivity index (χ4n) is 4.18. The lowest BCUT2D eigenvalue weighted by atomic mass is 9.98. The third-order valence-corrected chi connectivity index (χ3v) is 7.28. The molecular weight excluding hydrogens is 410 g/mol. The van der Waals surface area contributed by atoms with Crippen molar-refractivity contribution in [2.45, 2.75) is 30.8 Å². The van der Waals surface area contributed by atoms with Crippen LogP contribution in [0.25, 0.3) is 0 Å². The molecule has 2 heterocycles. The Labute approximate surface area is 184 Å². The summed E-state index contributed by atoms with van der Waals surface area (Å²) in [5.74, 6) is 0.662. The zero-order chi connectivity index (χ0) is 21.8. The monoisotopic (exact) mass is 439 g/mol. The molecule has 3 aromatic rings. The van der Waals surface area contributed by atoms with Crippen molar-refractivity contribution in [3.8, 4) is 5.75 Å². The number of rotatable bonds is 8. The minimum Gasteiger partial charge on any atom is -0.494 e. The minimum atomic E-state index is -3.63. The van der Waals surface area contributed by atoms with Gasteiger partial charge in [-0.2, -0.15) is 0 Å². The van der Waals surface area contributed by atoms with Crippen LogP contribution in [0.2, 0.25) is 0 Å². The predicted octanol–water partition coefficient (Wildman–Crippen LogP) is 3.50. The van der Waals surface area contributed by atoms with E-state index in [1.165, 1.54) is 11.1 Å². The van der Waals surface area contributed by atoms with Gasteiger partial charge in [0.15, 0.2) is 0 Å². The number of nitrogens with zero attached hydrogens (tertiary/aromatic N) is 2. The van der Waals surface area contributed by atoms with Gasteiger partial charge in [0, 0.05) is 38.6 Å². The molecule has 31 heavy (non-hydrogen) atoms. The molecule has 1 atom stereocenters. The third kappa shape index (κ3) is 4.84. The molecule has 0 spiro atoms. The summed E-state index contributed by atoms with van der Waals surface area (Å²) in [4.78, 5) is 2.60. The Morgan fingerprint density at radius 3 is 2.45 bits per heavy atom. The zero-order valence-corrected chi connectivity index (χ0v) is 18.8. The average molecular weight is 440 g/mol. The highest BCUT2D eigenvalue weighted by atomic mass is 32.2. The molecule has 4 rings (SSSR count). The lowest BCUT2D eigenvalue weighted by molar-refractivity contribution is 0.174. The molecule has 0 fully saturated rings. The first-order valence-electron chi connectivity index (χ1n) is 10.6. The Bertz CT molecular complexity index is 1120. The van der Waals surface area contributed by atoms with Crippen LogP contribution in [-0.2, 0) is 30.0 Å². The molecule has 1 unspecified atom stereocenters. The second kappa shape index (κ2) is 9.26. The van der Waals surface area contributed by atoms with Crippen LogP contribution in [0.1, 0.15) is 29.8 Å². The lowest BCUT2D eigenvalue weighted by Gasteiger charge is -2.36. The van der Waals surface area contributed by atoms with Crippen molar-refractivity contribution in [1.82, 2.24) is 14.2 Å². The maximum atomic E-state index is 13.0. The summed E-state index contributed by atoms with van der Waals surface area (Å²) < 4.78 is 36.3. The minimum absolute atomic E-state index is 0.0640. The van der Waals surface area contributed by atoms with Crippen LogP contribution in [-0.4, -0.2) is 37.6 Å². The summed E-state index contributed by atoms with van der Waals surface area (Å²) in [5.41, 5.74) is 3.77. The van der Waals surface area contributed by atoms with E-state index in [1.54, 1.807) is 24.3 Å². The first-order valence-corrected chi connectivity index (χ1v) is 12.1. The van der Waals surface area contributed by atoms with E-state index < -0.39 is 10.0 Å². The lowest BCUT2D eigenvalue weighted by Crippen LogP contribution is -2.41. The number of ether oxygens (including phenoxy) is 1. The molecular formula is C24H29N3O3S. The molecule has 0 saturated carbocycles. The number of fused-ring (bicyclic) bond motifs is 1. The van der Waals surface area contributed by atoms with Crippen LogP contribution >= 0.6 is 0 Å². The van der Waals surface area contributed by atoms with Crippen molar-refractivity contribution in [2.24, 2.45) is 7.05 Å². The van der Waals surface area contributed by atoms with Gasteiger partial charge in [-0.15, -0.1) is 0 Å². The van der Waals surface area contributed by atoms with E-state index in [0.29, 0.717) is 18.9 Å². The summed E-state index contributed by atoms with van der Waals surface area (Å²) in [7, 11) is -1.63. The number of benzene rings is 2. The van der Waals surface area contributed by atoms with E-state index in [0.717, 1.165) is 25.2 Å². The van der Waals surface area contributed by atoms with Gasteiger partial charge < -0.3 is 9.30 Å². The Kier molecular flexibility index (Phi) is 6.46. The van der Waals surface area contributed by atoms with E-state index in [-0.39, 0.29) is 10.9 Å². The average Bonchev–Trinajstić information content (AvgIpc) is 3.20. The van der Waals surface area contributed by atoms with Crippen molar-refractivity contribution in [3.63, 3.8) is 0 Å². The summed E-state index contributed by atoms with van der Waals surface area (Å²) in [6.07, 6.45) is 2.96. The predicted molar refractivity (Wildman–Crippen MR) is 122 cm³/mol. The fourth-order valence-corrected chi connectivity index (χ4v) is 5.22. The quantitative estimate of drug-likeness (QED) is 0.584. The number of sulfonamides is 1. The smallest absolute Gasteiger partial charge is 0.240 e. The van der Waals surface area contributed by atoms with Gasteiger partial charge in [0.05, 0.1) is 17.5 Å². The van der Waals surface area contributed by atoms with Crippen LogP contribution in [0.15, 0.2) is 71.8 Å².